The lowest BCUT2D eigenvalue weighted by molar-refractivity contribution is -0.308. The number of carboxylic acid groups (broad SMARTS) is 1. The second-order valence-electron chi connectivity index (χ2n) is 6.54. The number of hydrogen-bond donors (Lipinski definition) is 8. The fraction of sp³-hybridized carbons (Fsp3) is 0.714. The third-order valence-electron chi connectivity index (χ3n) is 4.28. The molecular formula is C14H21NO15S. The Bertz CT molecular complexity index is 828. The summed E-state index contributed by atoms with van der Waals surface area (Å²) >= 11 is 0. The topological polar surface area (TPSA) is 259 Å². The molecule has 0 aliphatic carbocycles. The number of carbonyl (C=O) groups excluding carboxylic acids is 1. The highest BCUT2D eigenvalue weighted by atomic mass is 32.3. The molecule has 8 atom stereocenters. The summed E-state index contributed by atoms with van der Waals surface area (Å²) in [5, 5.41) is 61.1. The van der Waals surface area contributed by atoms with E-state index in [4.69, 9.17) is 23.9 Å². The molecule has 0 spiro atoms. The van der Waals surface area contributed by atoms with Crippen molar-refractivity contribution in [3.63, 3.8) is 0 Å². The van der Waals surface area contributed by atoms with Gasteiger partial charge in [0, 0.05) is 6.92 Å². The molecule has 0 aromatic heterocycles. The zero-order chi connectivity index (χ0) is 23.7. The van der Waals surface area contributed by atoms with Crippen molar-refractivity contribution in [2.75, 3.05) is 6.61 Å². The molecule has 2 heterocycles. The van der Waals surface area contributed by atoms with Gasteiger partial charge in [-0.25, -0.2) is 8.98 Å². The SMILES string of the molecule is CC(=O)N[C@H]1C(O)O[C@H](COS(=O)(=O)O)[C@@H](O[C@@H]2OC(C(=O)O)=C(O)[C@H](O)[C@H]2O)[C@@H]1O. The highest BCUT2D eigenvalue weighted by Crippen LogP contribution is 2.30. The number of hydrogen-bond acceptors (Lipinski definition) is 13. The highest BCUT2D eigenvalue weighted by Gasteiger charge is 2.50. The van der Waals surface area contributed by atoms with Crippen molar-refractivity contribution in [1.29, 1.82) is 0 Å². The first-order valence-electron chi connectivity index (χ1n) is 8.48. The Balaban J connectivity index is 2.31. The van der Waals surface area contributed by atoms with Gasteiger partial charge in [0.1, 0.15) is 36.6 Å². The minimum atomic E-state index is -5.00. The highest BCUT2D eigenvalue weighted by molar-refractivity contribution is 7.80. The van der Waals surface area contributed by atoms with Gasteiger partial charge in [-0.1, -0.05) is 0 Å². The number of carboxylic acids is 1. The summed E-state index contributed by atoms with van der Waals surface area (Å²) in [5.41, 5.74) is 0. The zero-order valence-corrected chi connectivity index (χ0v) is 16.4. The minimum Gasteiger partial charge on any atom is -0.506 e. The predicted octanol–water partition coefficient (Wildman–Crippen LogP) is -4.29. The normalized spacial score (nSPS) is 36.6. The molecule has 8 N–H and O–H groups in total. The Labute approximate surface area is 174 Å². The van der Waals surface area contributed by atoms with Crippen LogP contribution in [0.5, 0.6) is 0 Å². The summed E-state index contributed by atoms with van der Waals surface area (Å²) in [4.78, 5) is 22.5. The molecule has 0 bridgehead atoms. The first-order chi connectivity index (χ1) is 14.2. The Kier molecular flexibility index (Phi) is 7.79. The second kappa shape index (κ2) is 9.59. The average Bonchev–Trinajstić information content (AvgIpc) is 2.64. The van der Waals surface area contributed by atoms with Crippen LogP contribution < -0.4 is 5.32 Å². The van der Waals surface area contributed by atoms with Gasteiger partial charge in [0.15, 0.2) is 12.0 Å². The van der Waals surface area contributed by atoms with Crippen LogP contribution in [0.4, 0.5) is 0 Å². The molecule has 1 fully saturated rings. The second-order valence-corrected chi connectivity index (χ2v) is 7.63. The third kappa shape index (κ3) is 5.99. The Morgan fingerprint density at radius 1 is 1.16 bits per heavy atom. The van der Waals surface area contributed by atoms with Gasteiger partial charge in [0.2, 0.25) is 18.0 Å². The number of carbonyl (C=O) groups is 2. The molecule has 0 radical (unpaired) electrons. The molecule has 1 unspecified atom stereocenters. The molecule has 31 heavy (non-hydrogen) atoms. The Morgan fingerprint density at radius 3 is 2.29 bits per heavy atom. The maximum Gasteiger partial charge on any atom is 0.397 e. The van der Waals surface area contributed by atoms with Gasteiger partial charge in [-0.2, -0.15) is 8.42 Å². The Hall–Kier alpha value is -2.09. The van der Waals surface area contributed by atoms with Gasteiger partial charge in [0.25, 0.3) is 0 Å². The van der Waals surface area contributed by atoms with E-state index in [-0.39, 0.29) is 0 Å². The number of aliphatic carboxylic acids is 1. The average molecular weight is 475 g/mol. The van der Waals surface area contributed by atoms with Crippen LogP contribution >= 0.6 is 0 Å². The van der Waals surface area contributed by atoms with Crippen molar-refractivity contribution in [2.24, 2.45) is 0 Å². The molecule has 1 saturated heterocycles. The first kappa shape index (κ1) is 25.2. The number of ether oxygens (including phenoxy) is 3. The van der Waals surface area contributed by atoms with Crippen LogP contribution in [0.25, 0.3) is 0 Å². The van der Waals surface area contributed by atoms with Gasteiger partial charge in [-0.15, -0.1) is 0 Å². The standard InChI is InChI=1S/C14H21NO15S/c1-3(16)15-5-6(17)10(4(28-13(5)23)2-27-31(24,25)26)29-14-9(20)7(18)8(19)11(30-14)12(21)22/h4-7,9-10,13-14,17-20,23H,2H2,1H3,(H,15,16)(H,21,22)(H,24,25,26)/t4-,5-,6-,7+,9-,10-,13?,14-/m1/s1. The smallest absolute Gasteiger partial charge is 0.397 e. The molecule has 178 valence electrons. The van der Waals surface area contributed by atoms with Crippen LogP contribution in [0, 0.1) is 0 Å². The Morgan fingerprint density at radius 2 is 1.77 bits per heavy atom. The number of nitrogens with one attached hydrogen (secondary N) is 1. The fourth-order valence-corrected chi connectivity index (χ4v) is 3.20. The van der Waals surface area contributed by atoms with E-state index in [1.165, 1.54) is 0 Å². The lowest BCUT2D eigenvalue weighted by Gasteiger charge is -2.44. The molecular weight excluding hydrogens is 454 g/mol. The molecule has 2 rings (SSSR count). The predicted molar refractivity (Wildman–Crippen MR) is 91.0 cm³/mol. The largest absolute Gasteiger partial charge is 0.506 e. The van der Waals surface area contributed by atoms with Crippen molar-refractivity contribution in [2.45, 2.75) is 56.1 Å². The monoisotopic (exact) mass is 475 g/mol. The minimum absolute atomic E-state index is 0.719. The zero-order valence-electron chi connectivity index (χ0n) is 15.6. The summed E-state index contributed by atoms with van der Waals surface area (Å²) in [6.45, 7) is 0.00254. The molecule has 2 aliphatic rings. The van der Waals surface area contributed by atoms with Gasteiger partial charge in [-0.3, -0.25) is 9.35 Å². The van der Waals surface area contributed by atoms with Crippen molar-refractivity contribution in [1.82, 2.24) is 5.32 Å². The lowest BCUT2D eigenvalue weighted by atomic mass is 9.96. The molecule has 16 nitrogen and oxygen atoms in total. The molecule has 2 aliphatic heterocycles. The van der Waals surface area contributed by atoms with E-state index in [9.17, 15) is 43.5 Å². The maximum atomic E-state index is 11.3. The van der Waals surface area contributed by atoms with Crippen molar-refractivity contribution >= 4 is 22.3 Å². The van der Waals surface area contributed by atoms with Crippen LogP contribution in [-0.4, -0.2) is 111 Å². The van der Waals surface area contributed by atoms with Crippen molar-refractivity contribution in [3.8, 4) is 0 Å². The van der Waals surface area contributed by atoms with Gasteiger partial charge in [0.05, 0.1) is 6.61 Å². The molecule has 0 saturated carbocycles. The number of aliphatic hydroxyl groups excluding tert-OH is 5. The number of amides is 1. The van der Waals surface area contributed by atoms with Crippen LogP contribution in [0.1, 0.15) is 6.92 Å². The molecule has 17 heteroatoms. The summed E-state index contributed by atoms with van der Waals surface area (Å²) in [7, 11) is -5.00. The van der Waals surface area contributed by atoms with E-state index >= 15 is 0 Å². The van der Waals surface area contributed by atoms with Gasteiger partial charge < -0.3 is 50.2 Å². The van der Waals surface area contributed by atoms with E-state index in [0.29, 0.717) is 0 Å². The van der Waals surface area contributed by atoms with Gasteiger partial charge in [-0.05, 0) is 0 Å². The van der Waals surface area contributed by atoms with E-state index in [0.717, 1.165) is 6.92 Å². The molecule has 0 aromatic carbocycles. The summed E-state index contributed by atoms with van der Waals surface area (Å²) < 4.78 is 49.7. The van der Waals surface area contributed by atoms with Crippen LogP contribution in [0.2, 0.25) is 0 Å². The van der Waals surface area contributed by atoms with E-state index in [1.54, 1.807) is 0 Å². The summed E-state index contributed by atoms with van der Waals surface area (Å²) in [6.07, 6.45) is -13.6. The lowest BCUT2D eigenvalue weighted by Crippen LogP contribution is -2.66. The maximum absolute atomic E-state index is 11.3. The molecule has 0 aromatic rings. The van der Waals surface area contributed by atoms with E-state index in [1.807, 2.05) is 0 Å². The van der Waals surface area contributed by atoms with Crippen LogP contribution in [0.3, 0.4) is 0 Å². The third-order valence-corrected chi connectivity index (χ3v) is 4.71. The van der Waals surface area contributed by atoms with E-state index < -0.39 is 89.5 Å². The summed E-state index contributed by atoms with van der Waals surface area (Å²) in [5.74, 6) is -4.95. The number of rotatable bonds is 7. The van der Waals surface area contributed by atoms with E-state index in [2.05, 4.69) is 9.50 Å². The first-order valence-corrected chi connectivity index (χ1v) is 9.84. The quantitative estimate of drug-likeness (QED) is 0.162. The van der Waals surface area contributed by atoms with Crippen LogP contribution in [0.15, 0.2) is 11.5 Å². The molecule has 1 amide bonds. The number of aliphatic hydroxyl groups is 5. The van der Waals surface area contributed by atoms with Gasteiger partial charge >= 0.3 is 16.4 Å². The van der Waals surface area contributed by atoms with Crippen molar-refractivity contribution < 1.29 is 71.6 Å². The van der Waals surface area contributed by atoms with Crippen LogP contribution in [-0.2, 0) is 38.4 Å². The fourth-order valence-electron chi connectivity index (χ4n) is 2.90. The van der Waals surface area contributed by atoms with Crippen molar-refractivity contribution in [3.05, 3.63) is 11.5 Å². The summed E-state index contributed by atoms with van der Waals surface area (Å²) in [6, 6.07) is -1.54.